The highest BCUT2D eigenvalue weighted by Gasteiger charge is 2.11. The van der Waals surface area contributed by atoms with Crippen LogP contribution in [0.5, 0.6) is 0 Å². The predicted molar refractivity (Wildman–Crippen MR) is 122 cm³/mol. The zero-order valence-corrected chi connectivity index (χ0v) is 17.5. The smallest absolute Gasteiger partial charge is 0.255 e. The second-order valence-electron chi connectivity index (χ2n) is 7.24. The summed E-state index contributed by atoms with van der Waals surface area (Å²) in [6.07, 6.45) is 0. The Morgan fingerprint density at radius 2 is 1.67 bits per heavy atom. The van der Waals surface area contributed by atoms with Crippen LogP contribution in [-0.2, 0) is 0 Å². The van der Waals surface area contributed by atoms with E-state index in [0.717, 1.165) is 24.2 Å². The average Bonchev–Trinajstić information content (AvgIpc) is 3.19. The number of hydrogen-bond donors (Lipinski definition) is 1. The van der Waals surface area contributed by atoms with Gasteiger partial charge >= 0.3 is 0 Å². The number of hydrogen-bond acceptors (Lipinski definition) is 4. The zero-order chi connectivity index (χ0) is 21.1. The van der Waals surface area contributed by atoms with Gasteiger partial charge in [-0.25, -0.2) is 4.98 Å². The van der Waals surface area contributed by atoms with Crippen LogP contribution in [0.4, 0.5) is 11.4 Å². The third kappa shape index (κ3) is 4.06. The van der Waals surface area contributed by atoms with E-state index in [1.54, 1.807) is 0 Å². The summed E-state index contributed by atoms with van der Waals surface area (Å²) in [5.41, 5.74) is 5.92. The monoisotopic (exact) mass is 399 g/mol. The van der Waals surface area contributed by atoms with Gasteiger partial charge in [-0.3, -0.25) is 4.79 Å². The Kier molecular flexibility index (Phi) is 5.53. The lowest BCUT2D eigenvalue weighted by atomic mass is 10.1. The van der Waals surface area contributed by atoms with Crippen molar-refractivity contribution >= 4 is 28.4 Å². The van der Waals surface area contributed by atoms with Crippen LogP contribution in [0.3, 0.4) is 0 Å². The Morgan fingerprint density at radius 1 is 0.967 bits per heavy atom. The summed E-state index contributed by atoms with van der Waals surface area (Å²) < 4.78 is 5.93. The molecule has 1 amide bonds. The molecule has 3 aromatic carbocycles. The lowest BCUT2D eigenvalue weighted by Crippen LogP contribution is -2.21. The van der Waals surface area contributed by atoms with E-state index < -0.39 is 0 Å². The summed E-state index contributed by atoms with van der Waals surface area (Å²) in [4.78, 5) is 19.4. The molecule has 5 nitrogen and oxygen atoms in total. The molecule has 0 bridgehead atoms. The van der Waals surface area contributed by atoms with Crippen LogP contribution in [0, 0.1) is 6.92 Å². The molecular formula is C25H25N3O2. The SMILES string of the molecule is CCN(CC)c1ccc(-c2nc3cc(NC(=O)c4ccc(C)cc4)ccc3o2)cc1. The minimum absolute atomic E-state index is 0.148. The van der Waals surface area contributed by atoms with E-state index in [0.29, 0.717) is 28.2 Å². The largest absolute Gasteiger partial charge is 0.436 e. The van der Waals surface area contributed by atoms with Gasteiger partial charge in [0.1, 0.15) is 5.52 Å². The molecule has 0 atom stereocenters. The maximum atomic E-state index is 12.5. The third-order valence-corrected chi connectivity index (χ3v) is 5.20. The topological polar surface area (TPSA) is 58.4 Å². The fourth-order valence-electron chi connectivity index (χ4n) is 3.44. The summed E-state index contributed by atoms with van der Waals surface area (Å²) in [7, 11) is 0. The van der Waals surface area contributed by atoms with Gasteiger partial charge in [-0.1, -0.05) is 17.7 Å². The number of carbonyl (C=O) groups is 1. The number of oxazole rings is 1. The van der Waals surface area contributed by atoms with Crippen LogP contribution in [0.2, 0.25) is 0 Å². The zero-order valence-electron chi connectivity index (χ0n) is 17.5. The summed E-state index contributed by atoms with van der Waals surface area (Å²) in [6.45, 7) is 8.22. The molecule has 4 rings (SSSR count). The molecule has 0 radical (unpaired) electrons. The molecule has 0 aliphatic carbocycles. The van der Waals surface area contributed by atoms with E-state index in [1.807, 2.05) is 61.5 Å². The van der Waals surface area contributed by atoms with Crippen molar-refractivity contribution < 1.29 is 9.21 Å². The van der Waals surface area contributed by atoms with E-state index in [4.69, 9.17) is 4.42 Å². The first kappa shape index (κ1) is 19.7. The van der Waals surface area contributed by atoms with Crippen molar-refractivity contribution in [2.75, 3.05) is 23.3 Å². The first-order chi connectivity index (χ1) is 14.6. The van der Waals surface area contributed by atoms with Crippen molar-refractivity contribution in [2.24, 2.45) is 0 Å². The van der Waals surface area contributed by atoms with Crippen molar-refractivity contribution in [3.63, 3.8) is 0 Å². The van der Waals surface area contributed by atoms with Gasteiger partial charge < -0.3 is 14.6 Å². The predicted octanol–water partition coefficient (Wildman–Crippen LogP) is 5.90. The lowest BCUT2D eigenvalue weighted by molar-refractivity contribution is 0.102. The Labute approximate surface area is 176 Å². The molecule has 0 saturated heterocycles. The lowest BCUT2D eigenvalue weighted by Gasteiger charge is -2.20. The normalized spacial score (nSPS) is 10.9. The fraction of sp³-hybridized carbons (Fsp3) is 0.200. The van der Waals surface area contributed by atoms with Crippen LogP contribution in [0.1, 0.15) is 29.8 Å². The Balaban J connectivity index is 1.55. The standard InChI is InChI=1S/C25H25N3O2/c1-4-28(5-2)21-13-10-19(11-14-21)25-27-22-16-20(12-15-23(22)30-25)26-24(29)18-8-6-17(3)7-9-18/h6-16H,4-5H2,1-3H3,(H,26,29). The maximum Gasteiger partial charge on any atom is 0.255 e. The van der Waals surface area contributed by atoms with E-state index in [9.17, 15) is 4.79 Å². The molecule has 0 aliphatic heterocycles. The molecule has 152 valence electrons. The van der Waals surface area contributed by atoms with Crippen molar-refractivity contribution in [3.05, 3.63) is 77.9 Å². The number of nitrogens with zero attached hydrogens (tertiary/aromatic N) is 2. The molecule has 0 saturated carbocycles. The quantitative estimate of drug-likeness (QED) is 0.438. The minimum atomic E-state index is -0.148. The second kappa shape index (κ2) is 8.41. The van der Waals surface area contributed by atoms with Gasteiger partial charge in [-0.05, 0) is 75.4 Å². The second-order valence-corrected chi connectivity index (χ2v) is 7.24. The molecule has 1 aromatic heterocycles. The van der Waals surface area contributed by atoms with Crippen LogP contribution in [0.25, 0.3) is 22.6 Å². The minimum Gasteiger partial charge on any atom is -0.436 e. The van der Waals surface area contributed by atoms with Gasteiger partial charge in [0.25, 0.3) is 5.91 Å². The third-order valence-electron chi connectivity index (χ3n) is 5.20. The first-order valence-corrected chi connectivity index (χ1v) is 10.2. The molecule has 0 fully saturated rings. The molecule has 4 aromatic rings. The number of carbonyl (C=O) groups excluding carboxylic acids is 1. The van der Waals surface area contributed by atoms with Crippen LogP contribution < -0.4 is 10.2 Å². The summed E-state index contributed by atoms with van der Waals surface area (Å²) in [5, 5.41) is 2.93. The molecule has 5 heteroatoms. The Bertz CT molecular complexity index is 1160. The van der Waals surface area contributed by atoms with Crippen molar-refractivity contribution in [1.82, 2.24) is 4.98 Å². The maximum absolute atomic E-state index is 12.5. The van der Waals surface area contributed by atoms with Crippen LogP contribution in [-0.4, -0.2) is 24.0 Å². The molecule has 0 unspecified atom stereocenters. The van der Waals surface area contributed by atoms with Gasteiger partial charge in [-0.15, -0.1) is 0 Å². The summed E-state index contributed by atoms with van der Waals surface area (Å²) in [5.74, 6) is 0.420. The highest BCUT2D eigenvalue weighted by atomic mass is 16.3. The number of nitrogens with one attached hydrogen (secondary N) is 1. The number of amides is 1. The van der Waals surface area contributed by atoms with Gasteiger partial charge in [-0.2, -0.15) is 0 Å². The molecular weight excluding hydrogens is 374 g/mol. The van der Waals surface area contributed by atoms with E-state index in [1.165, 1.54) is 5.69 Å². The van der Waals surface area contributed by atoms with Crippen LogP contribution >= 0.6 is 0 Å². The van der Waals surface area contributed by atoms with Gasteiger partial charge in [0.15, 0.2) is 5.58 Å². The number of aromatic nitrogens is 1. The molecule has 0 spiro atoms. The van der Waals surface area contributed by atoms with E-state index in [-0.39, 0.29) is 5.91 Å². The Morgan fingerprint density at radius 3 is 2.33 bits per heavy atom. The number of rotatable bonds is 6. The van der Waals surface area contributed by atoms with Crippen molar-refractivity contribution in [3.8, 4) is 11.5 Å². The molecule has 1 N–H and O–H groups in total. The molecule has 1 heterocycles. The average molecular weight is 399 g/mol. The van der Waals surface area contributed by atoms with E-state index >= 15 is 0 Å². The Hall–Kier alpha value is -3.60. The van der Waals surface area contributed by atoms with E-state index in [2.05, 4.69) is 41.2 Å². The number of benzene rings is 3. The fourth-order valence-corrected chi connectivity index (χ4v) is 3.44. The summed E-state index contributed by atoms with van der Waals surface area (Å²) >= 11 is 0. The van der Waals surface area contributed by atoms with Crippen LogP contribution in [0.15, 0.2) is 71.1 Å². The molecule has 30 heavy (non-hydrogen) atoms. The number of aryl methyl sites for hydroxylation is 1. The number of fused-ring (bicyclic) bond motifs is 1. The summed E-state index contributed by atoms with van der Waals surface area (Å²) in [6, 6.07) is 21.2. The van der Waals surface area contributed by atoms with Gasteiger partial charge in [0.2, 0.25) is 5.89 Å². The van der Waals surface area contributed by atoms with Crippen molar-refractivity contribution in [2.45, 2.75) is 20.8 Å². The van der Waals surface area contributed by atoms with Gasteiger partial charge in [0.05, 0.1) is 0 Å². The first-order valence-electron chi connectivity index (χ1n) is 10.2. The highest BCUT2D eigenvalue weighted by molar-refractivity contribution is 6.05. The highest BCUT2D eigenvalue weighted by Crippen LogP contribution is 2.28. The van der Waals surface area contributed by atoms with Gasteiger partial charge in [0, 0.05) is 35.6 Å². The molecule has 0 aliphatic rings. The van der Waals surface area contributed by atoms with Crippen molar-refractivity contribution in [1.29, 1.82) is 0 Å². The number of anilines is 2.